The zero-order chi connectivity index (χ0) is 24.0. The predicted molar refractivity (Wildman–Crippen MR) is 112 cm³/mol. The standard InChI is InChI=1S/C20H23F4N7O2/c21-17-5-4-15(11-16(17)20(22,23)24)33-14-3-1-2-13(10-14)12-30-6-8-31(9-7-30)19(32)27-18(25)28-29-26/h1-5,10-11,29H,6-9,12,26H2,(H3,25,27,28,32). The number of carbonyl (C=O) groups is 1. The molecule has 1 saturated heterocycles. The molecule has 2 amide bonds. The second-order valence-corrected chi connectivity index (χ2v) is 7.21. The quantitative estimate of drug-likeness (QED) is 0.175. The van der Waals surface area contributed by atoms with Gasteiger partial charge in [-0.3, -0.25) is 10.2 Å². The summed E-state index contributed by atoms with van der Waals surface area (Å²) >= 11 is 0. The van der Waals surface area contributed by atoms with Crippen LogP contribution in [-0.2, 0) is 12.7 Å². The SMILES string of the molecule is NN/N=C(\N)NC(=O)N1CCN(Cc2cccc(Oc3ccc(F)c(C(F)(F)F)c3)c2)CC1. The molecule has 0 aromatic heterocycles. The van der Waals surface area contributed by atoms with Crippen molar-refractivity contribution >= 4 is 12.0 Å². The number of amides is 2. The van der Waals surface area contributed by atoms with Crippen molar-refractivity contribution in [3.63, 3.8) is 0 Å². The number of hydrogen-bond acceptors (Lipinski definition) is 6. The summed E-state index contributed by atoms with van der Waals surface area (Å²) in [6.07, 6.45) is -4.82. The number of urea groups is 1. The fourth-order valence-corrected chi connectivity index (χ4v) is 3.28. The first-order valence-electron chi connectivity index (χ1n) is 9.86. The summed E-state index contributed by atoms with van der Waals surface area (Å²) < 4.78 is 57.7. The maximum atomic E-state index is 13.5. The molecule has 0 aliphatic carbocycles. The summed E-state index contributed by atoms with van der Waals surface area (Å²) in [5.74, 6) is 3.70. The van der Waals surface area contributed by atoms with E-state index < -0.39 is 17.6 Å². The van der Waals surface area contributed by atoms with E-state index in [9.17, 15) is 22.4 Å². The number of nitrogens with zero attached hydrogens (tertiary/aromatic N) is 3. The van der Waals surface area contributed by atoms with Gasteiger partial charge in [-0.2, -0.15) is 13.2 Å². The predicted octanol–water partition coefficient (Wildman–Crippen LogP) is 2.16. The minimum Gasteiger partial charge on any atom is -0.457 e. The molecule has 1 fully saturated rings. The monoisotopic (exact) mass is 469 g/mol. The van der Waals surface area contributed by atoms with Gasteiger partial charge in [0.15, 0.2) is 0 Å². The molecule has 2 aromatic carbocycles. The summed E-state index contributed by atoms with van der Waals surface area (Å²) in [5.41, 5.74) is 6.95. The van der Waals surface area contributed by atoms with Gasteiger partial charge < -0.3 is 15.4 Å². The smallest absolute Gasteiger partial charge is 0.419 e. The van der Waals surface area contributed by atoms with Crippen LogP contribution in [0, 0.1) is 5.82 Å². The molecule has 0 bridgehead atoms. The van der Waals surface area contributed by atoms with Gasteiger partial charge in [0.05, 0.1) is 5.56 Å². The lowest BCUT2D eigenvalue weighted by molar-refractivity contribution is -0.140. The third kappa shape index (κ3) is 6.70. The highest BCUT2D eigenvalue weighted by molar-refractivity contribution is 5.95. The first kappa shape index (κ1) is 24.1. The number of rotatable bonds is 5. The number of hydrazine groups is 1. The Bertz CT molecular complexity index is 1010. The van der Waals surface area contributed by atoms with Crippen molar-refractivity contribution in [1.29, 1.82) is 0 Å². The van der Waals surface area contributed by atoms with E-state index in [4.69, 9.17) is 16.3 Å². The summed E-state index contributed by atoms with van der Waals surface area (Å²) in [7, 11) is 0. The van der Waals surface area contributed by atoms with E-state index in [0.29, 0.717) is 44.5 Å². The molecule has 0 spiro atoms. The first-order valence-corrected chi connectivity index (χ1v) is 9.86. The van der Waals surface area contributed by atoms with Crippen molar-refractivity contribution in [2.75, 3.05) is 26.2 Å². The van der Waals surface area contributed by atoms with Crippen LogP contribution in [0.15, 0.2) is 47.6 Å². The molecule has 0 unspecified atom stereocenters. The molecular weight excluding hydrogens is 446 g/mol. The van der Waals surface area contributed by atoms with Gasteiger partial charge in [0.2, 0.25) is 5.96 Å². The number of nitrogens with two attached hydrogens (primary N) is 2. The molecule has 178 valence electrons. The molecule has 13 heteroatoms. The topological polar surface area (TPSA) is 121 Å². The van der Waals surface area contributed by atoms with Gasteiger partial charge in [0.25, 0.3) is 0 Å². The molecular formula is C20H23F4N7O2. The van der Waals surface area contributed by atoms with Crippen molar-refractivity contribution in [3.8, 4) is 11.5 Å². The van der Waals surface area contributed by atoms with E-state index in [1.807, 2.05) is 11.6 Å². The van der Waals surface area contributed by atoms with Crippen LogP contribution in [0.1, 0.15) is 11.1 Å². The Hall–Kier alpha value is -3.58. The zero-order valence-corrected chi connectivity index (χ0v) is 17.4. The van der Waals surface area contributed by atoms with Gasteiger partial charge in [-0.1, -0.05) is 12.1 Å². The van der Waals surface area contributed by atoms with Crippen molar-refractivity contribution in [2.45, 2.75) is 12.7 Å². The number of guanidine groups is 1. The minimum atomic E-state index is -4.82. The largest absolute Gasteiger partial charge is 0.457 e. The molecule has 33 heavy (non-hydrogen) atoms. The first-order chi connectivity index (χ1) is 15.7. The minimum absolute atomic E-state index is 0.117. The second kappa shape index (κ2) is 10.4. The van der Waals surface area contributed by atoms with E-state index in [-0.39, 0.29) is 17.7 Å². The van der Waals surface area contributed by atoms with Crippen molar-refractivity contribution in [1.82, 2.24) is 20.7 Å². The Balaban J connectivity index is 1.57. The van der Waals surface area contributed by atoms with Crippen LogP contribution in [0.5, 0.6) is 11.5 Å². The molecule has 6 N–H and O–H groups in total. The molecule has 0 radical (unpaired) electrons. The van der Waals surface area contributed by atoms with Gasteiger partial charge in [-0.15, -0.1) is 5.10 Å². The van der Waals surface area contributed by atoms with Gasteiger partial charge in [-0.05, 0) is 35.9 Å². The van der Waals surface area contributed by atoms with Crippen LogP contribution < -0.4 is 27.2 Å². The fraction of sp³-hybridized carbons (Fsp3) is 0.300. The third-order valence-electron chi connectivity index (χ3n) is 4.86. The number of hydrogen-bond donors (Lipinski definition) is 4. The number of carbonyl (C=O) groups excluding carboxylic acids is 1. The van der Waals surface area contributed by atoms with Gasteiger partial charge in [0, 0.05) is 32.7 Å². The van der Waals surface area contributed by atoms with E-state index in [1.54, 1.807) is 23.1 Å². The summed E-state index contributed by atoms with van der Waals surface area (Å²) in [6.45, 7) is 2.65. The van der Waals surface area contributed by atoms with E-state index in [2.05, 4.69) is 15.3 Å². The average molecular weight is 469 g/mol. The van der Waals surface area contributed by atoms with Crippen LogP contribution in [0.25, 0.3) is 0 Å². The summed E-state index contributed by atoms with van der Waals surface area (Å²) in [6, 6.07) is 8.99. The van der Waals surface area contributed by atoms with Crippen LogP contribution in [0.3, 0.4) is 0 Å². The second-order valence-electron chi connectivity index (χ2n) is 7.21. The lowest BCUT2D eigenvalue weighted by Crippen LogP contribution is -2.53. The Morgan fingerprint density at radius 2 is 1.79 bits per heavy atom. The van der Waals surface area contributed by atoms with Crippen molar-refractivity contribution in [2.24, 2.45) is 16.7 Å². The van der Waals surface area contributed by atoms with E-state index in [1.165, 1.54) is 0 Å². The van der Waals surface area contributed by atoms with Crippen LogP contribution in [-0.4, -0.2) is 48.0 Å². The van der Waals surface area contributed by atoms with Gasteiger partial charge in [-0.25, -0.2) is 20.6 Å². The molecule has 2 aromatic rings. The highest BCUT2D eigenvalue weighted by Crippen LogP contribution is 2.35. The molecule has 1 heterocycles. The third-order valence-corrected chi connectivity index (χ3v) is 4.86. The molecule has 0 atom stereocenters. The van der Waals surface area contributed by atoms with Crippen molar-refractivity contribution in [3.05, 3.63) is 59.4 Å². The van der Waals surface area contributed by atoms with E-state index >= 15 is 0 Å². The van der Waals surface area contributed by atoms with Crippen LogP contribution in [0.4, 0.5) is 22.4 Å². The zero-order valence-electron chi connectivity index (χ0n) is 17.4. The number of halogens is 4. The molecule has 0 saturated carbocycles. The Morgan fingerprint density at radius 3 is 2.45 bits per heavy atom. The number of alkyl halides is 3. The number of benzene rings is 2. The Kier molecular flexibility index (Phi) is 7.55. The number of ether oxygens (including phenoxy) is 1. The number of hydrazone groups is 1. The number of nitrogens with one attached hydrogen (secondary N) is 2. The normalized spacial score (nSPS) is 15.3. The van der Waals surface area contributed by atoms with Crippen LogP contribution in [0.2, 0.25) is 0 Å². The molecule has 1 aliphatic rings. The highest BCUT2D eigenvalue weighted by atomic mass is 19.4. The average Bonchev–Trinajstić information content (AvgIpc) is 2.75. The fourth-order valence-electron chi connectivity index (χ4n) is 3.28. The maximum absolute atomic E-state index is 13.5. The van der Waals surface area contributed by atoms with Gasteiger partial charge >= 0.3 is 12.2 Å². The summed E-state index contributed by atoms with van der Waals surface area (Å²) in [5, 5.41) is 5.86. The van der Waals surface area contributed by atoms with Crippen LogP contribution >= 0.6 is 0 Å². The van der Waals surface area contributed by atoms with Gasteiger partial charge in [0.1, 0.15) is 17.3 Å². The molecule has 1 aliphatic heterocycles. The lowest BCUT2D eigenvalue weighted by atomic mass is 10.1. The van der Waals surface area contributed by atoms with Crippen molar-refractivity contribution < 1.29 is 27.1 Å². The summed E-state index contributed by atoms with van der Waals surface area (Å²) in [4.78, 5) is 15.8. The molecule has 3 rings (SSSR count). The maximum Gasteiger partial charge on any atom is 0.419 e. The number of piperazine rings is 1. The lowest BCUT2D eigenvalue weighted by Gasteiger charge is -2.34. The van der Waals surface area contributed by atoms with E-state index in [0.717, 1.165) is 17.7 Å². The highest BCUT2D eigenvalue weighted by Gasteiger charge is 2.34. The molecule has 9 nitrogen and oxygen atoms in total. The Labute approximate surface area is 186 Å². The Morgan fingerprint density at radius 1 is 1.09 bits per heavy atom.